The molecule has 0 radical (unpaired) electrons. The Kier molecular flexibility index (Phi) is 8.65. The lowest BCUT2D eigenvalue weighted by molar-refractivity contribution is -0.201. The smallest absolute Gasteiger partial charge is 0.306 e. The maximum atomic E-state index is 12.2. The van der Waals surface area contributed by atoms with E-state index in [9.17, 15) is 4.79 Å². The van der Waals surface area contributed by atoms with E-state index in [4.69, 9.17) is 28.4 Å². The Balaban J connectivity index is 1.32. The zero-order valence-corrected chi connectivity index (χ0v) is 21.7. The predicted molar refractivity (Wildman–Crippen MR) is 132 cm³/mol. The number of hydrogen-bond donors (Lipinski definition) is 0. The van der Waals surface area contributed by atoms with Crippen molar-refractivity contribution in [2.75, 3.05) is 19.8 Å². The molecule has 4 fully saturated rings. The van der Waals surface area contributed by atoms with Crippen LogP contribution in [0.25, 0.3) is 0 Å². The van der Waals surface area contributed by atoms with Gasteiger partial charge in [0.1, 0.15) is 17.6 Å². The van der Waals surface area contributed by atoms with Crippen molar-refractivity contribution in [3.05, 3.63) is 40.6 Å². The number of esters is 1. The van der Waals surface area contributed by atoms with Crippen molar-refractivity contribution in [2.24, 2.45) is 11.8 Å². The van der Waals surface area contributed by atoms with Crippen LogP contribution in [0.15, 0.2) is 40.6 Å². The summed E-state index contributed by atoms with van der Waals surface area (Å²) >= 11 is 3.53. The molecule has 5 rings (SSSR count). The highest BCUT2D eigenvalue weighted by Gasteiger charge is 2.53. The van der Waals surface area contributed by atoms with Gasteiger partial charge in [0.25, 0.3) is 0 Å². The molecule has 4 aliphatic rings. The van der Waals surface area contributed by atoms with E-state index in [1.165, 1.54) is 0 Å². The quantitative estimate of drug-likeness (QED) is 0.228. The summed E-state index contributed by atoms with van der Waals surface area (Å²) in [6, 6.07) is 7.82. The van der Waals surface area contributed by atoms with E-state index in [0.717, 1.165) is 61.1 Å². The fourth-order valence-corrected chi connectivity index (χ4v) is 5.96. The molecule has 8 heteroatoms. The molecule has 1 aromatic carbocycles. The van der Waals surface area contributed by atoms with Crippen LogP contribution in [0.2, 0.25) is 0 Å². The molecular formula is C27H35BrO7. The van der Waals surface area contributed by atoms with Crippen molar-refractivity contribution < 1.29 is 33.2 Å². The molecule has 6 atom stereocenters. The van der Waals surface area contributed by atoms with Crippen molar-refractivity contribution >= 4 is 21.9 Å². The summed E-state index contributed by atoms with van der Waals surface area (Å²) in [5.74, 6) is 1.47. The van der Waals surface area contributed by atoms with Gasteiger partial charge in [-0.15, -0.1) is 0 Å². The molecule has 7 nitrogen and oxygen atoms in total. The van der Waals surface area contributed by atoms with E-state index in [1.54, 1.807) is 0 Å². The van der Waals surface area contributed by atoms with Crippen LogP contribution in [0, 0.1) is 11.8 Å². The topological polar surface area (TPSA) is 72.5 Å². The number of benzene rings is 1. The van der Waals surface area contributed by atoms with Crippen LogP contribution in [-0.4, -0.2) is 50.6 Å². The molecule has 0 amide bonds. The minimum atomic E-state index is -0.275. The fourth-order valence-electron chi connectivity index (χ4n) is 5.56. The summed E-state index contributed by atoms with van der Waals surface area (Å²) in [6.45, 7) is 1.94. The van der Waals surface area contributed by atoms with Gasteiger partial charge in [-0.3, -0.25) is 4.79 Å². The molecule has 0 bridgehead atoms. The Bertz CT molecular complexity index is 878. The molecule has 3 unspecified atom stereocenters. The summed E-state index contributed by atoms with van der Waals surface area (Å²) in [7, 11) is 0. The Labute approximate surface area is 215 Å². The predicted octanol–water partition coefficient (Wildman–Crippen LogP) is 5.51. The second-order valence-corrected chi connectivity index (χ2v) is 10.6. The third-order valence-electron chi connectivity index (χ3n) is 7.25. The van der Waals surface area contributed by atoms with Gasteiger partial charge in [-0.2, -0.15) is 0 Å². The molecule has 0 spiro atoms. The van der Waals surface area contributed by atoms with Crippen LogP contribution >= 0.6 is 15.9 Å². The van der Waals surface area contributed by atoms with Crippen molar-refractivity contribution in [1.82, 2.24) is 0 Å². The van der Waals surface area contributed by atoms with E-state index in [0.29, 0.717) is 32.5 Å². The van der Waals surface area contributed by atoms with Crippen LogP contribution in [0.4, 0.5) is 0 Å². The Morgan fingerprint density at radius 3 is 2.57 bits per heavy atom. The number of para-hydroxylation sites is 1. The summed E-state index contributed by atoms with van der Waals surface area (Å²) in [5, 5.41) is 0. The fraction of sp³-hybridized carbons (Fsp3) is 0.667. The van der Waals surface area contributed by atoms with Gasteiger partial charge in [0, 0.05) is 37.7 Å². The first-order valence-corrected chi connectivity index (χ1v) is 13.8. The molecule has 0 aromatic heterocycles. The third kappa shape index (κ3) is 6.40. The highest BCUT2D eigenvalue weighted by atomic mass is 79.9. The highest BCUT2D eigenvalue weighted by molar-refractivity contribution is 9.10. The first kappa shape index (κ1) is 25.1. The Morgan fingerprint density at radius 1 is 1.06 bits per heavy atom. The van der Waals surface area contributed by atoms with Gasteiger partial charge in [0.2, 0.25) is 0 Å². The molecular weight excluding hydrogens is 516 g/mol. The van der Waals surface area contributed by atoms with Crippen molar-refractivity contribution in [2.45, 2.75) is 82.6 Å². The molecule has 0 N–H and O–H groups in total. The monoisotopic (exact) mass is 550 g/mol. The molecule has 3 heterocycles. The van der Waals surface area contributed by atoms with Gasteiger partial charge in [-0.25, -0.2) is 0 Å². The summed E-state index contributed by atoms with van der Waals surface area (Å²) < 4.78 is 37.4. The minimum Gasteiger partial charge on any atom is -0.492 e. The second kappa shape index (κ2) is 12.1. The lowest BCUT2D eigenvalue weighted by atomic mass is 9.89. The molecule has 192 valence electrons. The van der Waals surface area contributed by atoms with Crippen LogP contribution in [-0.2, 0) is 28.5 Å². The molecule has 1 saturated carbocycles. The minimum absolute atomic E-state index is 0.0371. The first-order valence-electron chi connectivity index (χ1n) is 13.0. The molecule has 3 saturated heterocycles. The SMILES string of the molecule is O=C1C[C@@H]2C(C[C@@H](OC3CCCCO3)[C@H]2/C(=C\CCOc2ccccc2Br)OC2CCCCO2)O1. The third-order valence-corrected chi connectivity index (χ3v) is 7.90. The van der Waals surface area contributed by atoms with Gasteiger partial charge in [-0.1, -0.05) is 12.1 Å². The van der Waals surface area contributed by atoms with Crippen LogP contribution in [0.1, 0.15) is 57.8 Å². The number of rotatable bonds is 9. The van der Waals surface area contributed by atoms with Gasteiger partial charge in [0.15, 0.2) is 12.6 Å². The van der Waals surface area contributed by atoms with Gasteiger partial charge >= 0.3 is 5.97 Å². The first-order chi connectivity index (χ1) is 17.2. The summed E-state index contributed by atoms with van der Waals surface area (Å²) in [6.07, 6.45) is 9.13. The lowest BCUT2D eigenvalue weighted by Crippen LogP contribution is -2.34. The number of ether oxygens (including phenoxy) is 6. The van der Waals surface area contributed by atoms with Gasteiger partial charge in [-0.05, 0) is 66.2 Å². The summed E-state index contributed by atoms with van der Waals surface area (Å²) in [5.41, 5.74) is 0. The van der Waals surface area contributed by atoms with E-state index in [-0.39, 0.29) is 42.6 Å². The van der Waals surface area contributed by atoms with Crippen molar-refractivity contribution in [3.8, 4) is 5.75 Å². The number of halogens is 1. The van der Waals surface area contributed by atoms with E-state index in [2.05, 4.69) is 22.0 Å². The van der Waals surface area contributed by atoms with Crippen molar-refractivity contribution in [3.63, 3.8) is 0 Å². The largest absolute Gasteiger partial charge is 0.492 e. The Hall–Kier alpha value is -1.61. The van der Waals surface area contributed by atoms with Crippen LogP contribution in [0.5, 0.6) is 5.75 Å². The number of hydrogen-bond acceptors (Lipinski definition) is 7. The summed E-state index contributed by atoms with van der Waals surface area (Å²) in [4.78, 5) is 12.2. The van der Waals surface area contributed by atoms with Crippen LogP contribution in [0.3, 0.4) is 0 Å². The van der Waals surface area contributed by atoms with E-state index >= 15 is 0 Å². The maximum absolute atomic E-state index is 12.2. The van der Waals surface area contributed by atoms with Gasteiger partial charge in [0.05, 0.1) is 30.2 Å². The zero-order valence-electron chi connectivity index (χ0n) is 20.1. The highest BCUT2D eigenvalue weighted by Crippen LogP contribution is 2.47. The average Bonchev–Trinajstić information content (AvgIpc) is 3.38. The number of carbonyl (C=O) groups excluding carboxylic acids is 1. The Morgan fingerprint density at radius 2 is 1.83 bits per heavy atom. The normalized spacial score (nSPS) is 33.3. The van der Waals surface area contributed by atoms with E-state index in [1.807, 2.05) is 24.3 Å². The van der Waals surface area contributed by atoms with Crippen LogP contribution < -0.4 is 4.74 Å². The lowest BCUT2D eigenvalue weighted by Gasteiger charge is -2.33. The molecule has 1 aromatic rings. The van der Waals surface area contributed by atoms with Gasteiger partial charge < -0.3 is 28.4 Å². The molecule has 3 aliphatic heterocycles. The zero-order chi connectivity index (χ0) is 24.0. The number of carbonyl (C=O) groups is 1. The van der Waals surface area contributed by atoms with Crippen molar-refractivity contribution in [1.29, 1.82) is 0 Å². The molecule has 35 heavy (non-hydrogen) atoms. The second-order valence-electron chi connectivity index (χ2n) is 9.72. The van der Waals surface area contributed by atoms with E-state index < -0.39 is 0 Å². The average molecular weight is 551 g/mol. The number of fused-ring (bicyclic) bond motifs is 1. The molecule has 1 aliphatic carbocycles. The standard InChI is InChI=1S/C27H35BrO7/c28-19-8-1-2-9-20(19)30-15-7-10-21(34-25-11-3-5-13-31-25)27-18-16-24(29)33-22(18)17-23(27)35-26-12-4-6-14-32-26/h1-2,8-10,18,22-23,25-27H,3-7,11-17H2/b21-10+/t18-,22?,23-,25?,26?,27-/m1/s1. The maximum Gasteiger partial charge on any atom is 0.306 e.